The monoisotopic (exact) mass is 257 g/mol. The van der Waals surface area contributed by atoms with E-state index in [0.29, 0.717) is 0 Å². The Morgan fingerprint density at radius 1 is 1.12 bits per heavy atom. The molecule has 6 heteroatoms. The average Bonchev–Trinajstić information content (AvgIpc) is 2.31. The summed E-state index contributed by atoms with van der Waals surface area (Å²) in [5.74, 6) is 0.904. The lowest BCUT2D eigenvalue weighted by Gasteiger charge is -2.08. The van der Waals surface area contributed by atoms with Crippen LogP contribution in [0.2, 0.25) is 0 Å². The summed E-state index contributed by atoms with van der Waals surface area (Å²) in [6.45, 7) is 2.43. The van der Waals surface area contributed by atoms with Gasteiger partial charge in [0.15, 0.2) is 0 Å². The molecule has 0 saturated carbocycles. The minimum atomic E-state index is -1.18. The van der Waals surface area contributed by atoms with E-state index in [9.17, 15) is 4.79 Å². The summed E-state index contributed by atoms with van der Waals surface area (Å²) in [6, 6.07) is 3.18. The SMILES string of the molecule is C1CSCCN1.O=C(O)c1cc(O)cc(O)c1. The maximum absolute atomic E-state index is 10.3. The third-order valence-corrected chi connectivity index (χ3v) is 2.98. The van der Waals surface area contributed by atoms with E-state index >= 15 is 0 Å². The lowest BCUT2D eigenvalue weighted by Crippen LogP contribution is -2.24. The first-order chi connectivity index (χ1) is 8.09. The molecule has 0 unspecified atom stereocenters. The van der Waals surface area contributed by atoms with Gasteiger partial charge in [-0.05, 0) is 12.1 Å². The predicted molar refractivity (Wildman–Crippen MR) is 66.9 cm³/mol. The first-order valence-corrected chi connectivity index (χ1v) is 6.30. The van der Waals surface area contributed by atoms with Gasteiger partial charge in [0.2, 0.25) is 0 Å². The summed E-state index contributed by atoms with van der Waals surface area (Å²) in [7, 11) is 0. The summed E-state index contributed by atoms with van der Waals surface area (Å²) in [5, 5.41) is 29.3. The zero-order valence-electron chi connectivity index (χ0n) is 9.22. The second kappa shape index (κ2) is 7.03. The van der Waals surface area contributed by atoms with E-state index in [1.807, 2.05) is 11.8 Å². The maximum atomic E-state index is 10.3. The molecule has 0 aliphatic carbocycles. The van der Waals surface area contributed by atoms with Crippen molar-refractivity contribution in [1.29, 1.82) is 0 Å². The van der Waals surface area contributed by atoms with Crippen LogP contribution < -0.4 is 5.32 Å². The number of carboxylic acids is 1. The van der Waals surface area contributed by atoms with Crippen LogP contribution >= 0.6 is 11.8 Å². The molecule has 0 spiro atoms. The van der Waals surface area contributed by atoms with E-state index in [2.05, 4.69) is 5.32 Å². The molecule has 2 rings (SSSR count). The molecule has 1 aliphatic heterocycles. The maximum Gasteiger partial charge on any atom is 0.335 e. The van der Waals surface area contributed by atoms with Crippen LogP contribution in [0, 0.1) is 0 Å². The van der Waals surface area contributed by atoms with Crippen LogP contribution in [0.3, 0.4) is 0 Å². The van der Waals surface area contributed by atoms with Crippen molar-refractivity contribution in [2.24, 2.45) is 0 Å². The van der Waals surface area contributed by atoms with Crippen LogP contribution in [-0.4, -0.2) is 45.9 Å². The van der Waals surface area contributed by atoms with E-state index in [1.54, 1.807) is 0 Å². The predicted octanol–water partition coefficient (Wildman–Crippen LogP) is 1.12. The van der Waals surface area contributed by atoms with Gasteiger partial charge in [-0.25, -0.2) is 4.79 Å². The lowest BCUT2D eigenvalue weighted by molar-refractivity contribution is 0.0696. The second-order valence-corrected chi connectivity index (χ2v) is 4.63. The number of phenols is 2. The number of carbonyl (C=O) groups is 1. The van der Waals surface area contributed by atoms with Crippen LogP contribution in [0.5, 0.6) is 11.5 Å². The Bertz CT molecular complexity index is 348. The quantitative estimate of drug-likeness (QED) is 0.603. The standard InChI is InChI=1S/C7H6O4.C4H9NS/c8-5-1-4(7(10)11)2-6(9)3-5;1-3-6-4-2-5-1/h1-3,8-9H,(H,10,11);5H,1-4H2. The average molecular weight is 257 g/mol. The van der Waals surface area contributed by atoms with Gasteiger partial charge in [0.25, 0.3) is 0 Å². The number of carboxylic acid groups (broad SMARTS) is 1. The third kappa shape index (κ3) is 5.46. The van der Waals surface area contributed by atoms with Crippen molar-refractivity contribution < 1.29 is 20.1 Å². The topological polar surface area (TPSA) is 89.8 Å². The molecule has 94 valence electrons. The minimum absolute atomic E-state index is 0.137. The number of thioether (sulfide) groups is 1. The molecule has 0 radical (unpaired) electrons. The van der Waals surface area contributed by atoms with Gasteiger partial charge < -0.3 is 20.6 Å². The van der Waals surface area contributed by atoms with Crippen LogP contribution in [0.25, 0.3) is 0 Å². The zero-order valence-corrected chi connectivity index (χ0v) is 10.0. The molecule has 1 fully saturated rings. The minimum Gasteiger partial charge on any atom is -0.508 e. The van der Waals surface area contributed by atoms with Crippen molar-refractivity contribution in [3.63, 3.8) is 0 Å². The number of aromatic carboxylic acids is 1. The van der Waals surface area contributed by atoms with Crippen LogP contribution in [-0.2, 0) is 0 Å². The highest BCUT2D eigenvalue weighted by molar-refractivity contribution is 7.99. The fraction of sp³-hybridized carbons (Fsp3) is 0.364. The Kier molecular flexibility index (Phi) is 5.65. The van der Waals surface area contributed by atoms with Gasteiger partial charge in [-0.3, -0.25) is 0 Å². The molecule has 1 aromatic rings. The van der Waals surface area contributed by atoms with Crippen LogP contribution in [0.15, 0.2) is 18.2 Å². The molecule has 0 atom stereocenters. The number of hydrogen-bond donors (Lipinski definition) is 4. The molecule has 4 N–H and O–H groups in total. The summed E-state index contributed by atoms with van der Waals surface area (Å²) < 4.78 is 0. The third-order valence-electron chi connectivity index (χ3n) is 2.00. The van der Waals surface area contributed by atoms with Crippen LogP contribution in [0.1, 0.15) is 10.4 Å². The number of hydrogen-bond acceptors (Lipinski definition) is 5. The van der Waals surface area contributed by atoms with E-state index in [4.69, 9.17) is 15.3 Å². The smallest absolute Gasteiger partial charge is 0.335 e. The number of nitrogens with one attached hydrogen (secondary N) is 1. The van der Waals surface area contributed by atoms with E-state index in [1.165, 1.54) is 24.6 Å². The Hall–Kier alpha value is -1.40. The lowest BCUT2D eigenvalue weighted by atomic mass is 10.2. The summed E-state index contributed by atoms with van der Waals surface area (Å²) in [4.78, 5) is 10.3. The second-order valence-electron chi connectivity index (χ2n) is 3.41. The molecule has 0 amide bonds. The van der Waals surface area contributed by atoms with E-state index < -0.39 is 5.97 Å². The van der Waals surface area contributed by atoms with Gasteiger partial charge in [0.05, 0.1) is 5.56 Å². The molecule has 0 aromatic heterocycles. The van der Waals surface area contributed by atoms with Gasteiger partial charge in [-0.1, -0.05) is 0 Å². The summed E-state index contributed by atoms with van der Waals surface area (Å²) in [5.41, 5.74) is -0.137. The van der Waals surface area contributed by atoms with Gasteiger partial charge in [-0.2, -0.15) is 11.8 Å². The Morgan fingerprint density at radius 2 is 1.65 bits per heavy atom. The van der Waals surface area contributed by atoms with E-state index in [-0.39, 0.29) is 17.1 Å². The highest BCUT2D eigenvalue weighted by Gasteiger charge is 2.04. The molecular formula is C11H15NO4S. The highest BCUT2D eigenvalue weighted by atomic mass is 32.2. The summed E-state index contributed by atoms with van der Waals surface area (Å²) in [6.07, 6.45) is 0. The van der Waals surface area contributed by atoms with Crippen molar-refractivity contribution in [2.45, 2.75) is 0 Å². The first kappa shape index (κ1) is 13.7. The highest BCUT2D eigenvalue weighted by Crippen LogP contribution is 2.19. The Morgan fingerprint density at radius 3 is 1.94 bits per heavy atom. The molecule has 1 saturated heterocycles. The number of rotatable bonds is 1. The molecule has 17 heavy (non-hydrogen) atoms. The van der Waals surface area contributed by atoms with Gasteiger partial charge in [0.1, 0.15) is 11.5 Å². The van der Waals surface area contributed by atoms with Crippen molar-refractivity contribution >= 4 is 17.7 Å². The zero-order chi connectivity index (χ0) is 12.7. The molecule has 0 bridgehead atoms. The van der Waals surface area contributed by atoms with Crippen LogP contribution in [0.4, 0.5) is 0 Å². The van der Waals surface area contributed by atoms with Crippen molar-refractivity contribution in [1.82, 2.24) is 5.32 Å². The first-order valence-electron chi connectivity index (χ1n) is 5.14. The van der Waals surface area contributed by atoms with Crippen molar-refractivity contribution in [3.8, 4) is 11.5 Å². The Balaban J connectivity index is 0.000000202. The fourth-order valence-corrected chi connectivity index (χ4v) is 2.02. The Labute approximate surface area is 103 Å². The number of phenolic OH excluding ortho intramolecular Hbond substituents is 2. The van der Waals surface area contributed by atoms with Gasteiger partial charge >= 0.3 is 5.97 Å². The molecule has 1 heterocycles. The molecule has 1 aromatic carbocycles. The fourth-order valence-electron chi connectivity index (χ4n) is 1.23. The normalized spacial score (nSPS) is 14.6. The van der Waals surface area contributed by atoms with Crippen molar-refractivity contribution in [3.05, 3.63) is 23.8 Å². The van der Waals surface area contributed by atoms with Gasteiger partial charge in [0, 0.05) is 30.7 Å². The summed E-state index contributed by atoms with van der Waals surface area (Å²) >= 11 is 2.03. The molecular weight excluding hydrogens is 242 g/mol. The van der Waals surface area contributed by atoms with Gasteiger partial charge in [-0.15, -0.1) is 0 Å². The molecule has 1 aliphatic rings. The van der Waals surface area contributed by atoms with E-state index in [0.717, 1.165) is 18.2 Å². The van der Waals surface area contributed by atoms with Crippen molar-refractivity contribution in [2.75, 3.05) is 24.6 Å². The number of benzene rings is 1. The number of aromatic hydroxyl groups is 2. The largest absolute Gasteiger partial charge is 0.508 e. The molecule has 5 nitrogen and oxygen atoms in total.